The van der Waals surface area contributed by atoms with E-state index in [1.165, 1.54) is 0 Å². The van der Waals surface area contributed by atoms with Crippen LogP contribution < -0.4 is 0 Å². The van der Waals surface area contributed by atoms with E-state index in [0.717, 1.165) is 16.8 Å². The van der Waals surface area contributed by atoms with Crippen molar-refractivity contribution in [3.05, 3.63) is 54.1 Å². The van der Waals surface area contributed by atoms with Crippen molar-refractivity contribution in [2.75, 3.05) is 0 Å². The number of carbonyl (C=O) groups is 1. The summed E-state index contributed by atoms with van der Waals surface area (Å²) in [6.45, 7) is 0. The SMILES string of the molecule is N#C/C=C(\C(=O)O)c1cccc2ccccc12. The number of aliphatic carboxylic acids is 1. The highest BCUT2D eigenvalue weighted by Crippen LogP contribution is 2.25. The molecule has 1 N–H and O–H groups in total. The molecule has 0 aliphatic heterocycles. The number of carboxylic acid groups (broad SMARTS) is 1. The Hall–Kier alpha value is -2.60. The quantitative estimate of drug-likeness (QED) is 0.629. The predicted molar refractivity (Wildman–Crippen MR) is 65.2 cm³/mol. The maximum Gasteiger partial charge on any atom is 0.337 e. The number of hydrogen-bond acceptors (Lipinski definition) is 2. The van der Waals surface area contributed by atoms with Crippen LogP contribution in [0, 0.1) is 11.3 Å². The van der Waals surface area contributed by atoms with Crippen LogP contribution in [0.15, 0.2) is 48.5 Å². The zero-order valence-electron chi connectivity index (χ0n) is 8.92. The molecule has 0 bridgehead atoms. The highest BCUT2D eigenvalue weighted by molar-refractivity contribution is 6.19. The lowest BCUT2D eigenvalue weighted by atomic mass is 9.98. The molecule has 3 heteroatoms. The third kappa shape index (κ3) is 2.01. The maximum atomic E-state index is 11.1. The molecule has 0 heterocycles. The summed E-state index contributed by atoms with van der Waals surface area (Å²) in [6, 6.07) is 14.7. The van der Waals surface area contributed by atoms with Gasteiger partial charge in [0.05, 0.1) is 11.6 Å². The first-order valence-electron chi connectivity index (χ1n) is 5.05. The number of nitrogens with zero attached hydrogens (tertiary/aromatic N) is 1. The first kappa shape index (κ1) is 10.9. The highest BCUT2D eigenvalue weighted by Gasteiger charge is 2.12. The van der Waals surface area contributed by atoms with Gasteiger partial charge in [0.15, 0.2) is 0 Å². The topological polar surface area (TPSA) is 61.1 Å². The molecule has 0 amide bonds. The van der Waals surface area contributed by atoms with E-state index in [4.69, 9.17) is 10.4 Å². The van der Waals surface area contributed by atoms with Gasteiger partial charge in [-0.1, -0.05) is 42.5 Å². The van der Waals surface area contributed by atoms with Gasteiger partial charge in [0.1, 0.15) is 0 Å². The van der Waals surface area contributed by atoms with Gasteiger partial charge < -0.3 is 5.11 Å². The molecule has 0 unspecified atom stereocenters. The minimum absolute atomic E-state index is 0.0179. The van der Waals surface area contributed by atoms with Crippen LogP contribution in [0.5, 0.6) is 0 Å². The Kier molecular flexibility index (Phi) is 2.89. The molecule has 2 rings (SSSR count). The van der Waals surface area contributed by atoms with E-state index in [9.17, 15) is 4.79 Å². The molecule has 82 valence electrons. The third-order valence-corrected chi connectivity index (χ3v) is 2.52. The summed E-state index contributed by atoms with van der Waals surface area (Å²) >= 11 is 0. The largest absolute Gasteiger partial charge is 0.478 e. The number of benzene rings is 2. The standard InChI is InChI=1S/C14H9NO2/c15-9-8-13(14(16)17)12-7-3-5-10-4-1-2-6-11(10)12/h1-8H,(H,16,17)/b13-8-. The zero-order chi connectivity index (χ0) is 12.3. The molecule has 0 saturated carbocycles. The fraction of sp³-hybridized carbons (Fsp3) is 0. The van der Waals surface area contributed by atoms with E-state index in [2.05, 4.69) is 0 Å². The van der Waals surface area contributed by atoms with Gasteiger partial charge in [-0.15, -0.1) is 0 Å². The van der Waals surface area contributed by atoms with Gasteiger partial charge in [0.25, 0.3) is 0 Å². The van der Waals surface area contributed by atoms with E-state index < -0.39 is 5.97 Å². The van der Waals surface area contributed by atoms with Gasteiger partial charge in [0, 0.05) is 6.08 Å². The van der Waals surface area contributed by atoms with Crippen molar-refractivity contribution in [3.8, 4) is 6.07 Å². The second-order valence-corrected chi connectivity index (χ2v) is 3.52. The van der Waals surface area contributed by atoms with Crippen LogP contribution in [0.25, 0.3) is 16.3 Å². The molecule has 0 fully saturated rings. The summed E-state index contributed by atoms with van der Waals surface area (Å²) in [7, 11) is 0. The van der Waals surface area contributed by atoms with Crippen LogP contribution in [0.2, 0.25) is 0 Å². The molecule has 2 aromatic carbocycles. The molecule has 0 atom stereocenters. The summed E-state index contributed by atoms with van der Waals surface area (Å²) in [6.07, 6.45) is 1.06. The summed E-state index contributed by atoms with van der Waals surface area (Å²) in [5, 5.41) is 19.5. The van der Waals surface area contributed by atoms with Crippen molar-refractivity contribution in [1.82, 2.24) is 0 Å². The van der Waals surface area contributed by atoms with Crippen LogP contribution in [0.3, 0.4) is 0 Å². The number of allylic oxidation sites excluding steroid dienone is 1. The lowest BCUT2D eigenvalue weighted by Gasteiger charge is -2.06. The predicted octanol–water partition coefficient (Wildman–Crippen LogP) is 2.83. The molecular weight excluding hydrogens is 214 g/mol. The Labute approximate surface area is 98.2 Å². The molecule has 0 saturated heterocycles. The molecule has 0 radical (unpaired) electrons. The molecule has 17 heavy (non-hydrogen) atoms. The highest BCUT2D eigenvalue weighted by atomic mass is 16.4. The molecule has 0 spiro atoms. The van der Waals surface area contributed by atoms with Gasteiger partial charge in [-0.25, -0.2) is 4.79 Å². The van der Waals surface area contributed by atoms with Crippen LogP contribution in [-0.2, 0) is 4.79 Å². The van der Waals surface area contributed by atoms with E-state index in [1.54, 1.807) is 18.2 Å². The normalized spacial score (nSPS) is 11.1. The van der Waals surface area contributed by atoms with Crippen LogP contribution >= 0.6 is 0 Å². The van der Waals surface area contributed by atoms with Crippen molar-refractivity contribution < 1.29 is 9.90 Å². The summed E-state index contributed by atoms with van der Waals surface area (Å²) in [5.41, 5.74) is 0.585. The van der Waals surface area contributed by atoms with Crippen LogP contribution in [-0.4, -0.2) is 11.1 Å². The van der Waals surface area contributed by atoms with Crippen LogP contribution in [0.1, 0.15) is 5.56 Å². The third-order valence-electron chi connectivity index (χ3n) is 2.52. The second-order valence-electron chi connectivity index (χ2n) is 3.52. The average molecular weight is 223 g/mol. The van der Waals surface area contributed by atoms with Crippen molar-refractivity contribution in [3.63, 3.8) is 0 Å². The number of carboxylic acids is 1. The molecular formula is C14H9NO2. The number of hydrogen-bond donors (Lipinski definition) is 1. The lowest BCUT2D eigenvalue weighted by molar-refractivity contribution is -0.130. The number of rotatable bonds is 2. The Morgan fingerprint density at radius 3 is 2.59 bits per heavy atom. The van der Waals surface area contributed by atoms with Gasteiger partial charge in [-0.3, -0.25) is 0 Å². The first-order chi connectivity index (χ1) is 8.24. The molecule has 0 aromatic heterocycles. The second kappa shape index (κ2) is 4.50. The van der Waals surface area contributed by atoms with Gasteiger partial charge >= 0.3 is 5.97 Å². The van der Waals surface area contributed by atoms with Crippen molar-refractivity contribution in [2.24, 2.45) is 0 Å². The number of nitriles is 1. The van der Waals surface area contributed by atoms with E-state index in [-0.39, 0.29) is 5.57 Å². The van der Waals surface area contributed by atoms with E-state index >= 15 is 0 Å². The van der Waals surface area contributed by atoms with Gasteiger partial charge in [0.2, 0.25) is 0 Å². The Balaban J connectivity index is 2.75. The zero-order valence-corrected chi connectivity index (χ0v) is 8.92. The van der Waals surface area contributed by atoms with Gasteiger partial charge in [-0.2, -0.15) is 5.26 Å². The summed E-state index contributed by atoms with van der Waals surface area (Å²) < 4.78 is 0. The molecule has 2 aromatic rings. The van der Waals surface area contributed by atoms with E-state index in [1.807, 2.05) is 30.3 Å². The van der Waals surface area contributed by atoms with Gasteiger partial charge in [-0.05, 0) is 16.3 Å². The summed E-state index contributed by atoms with van der Waals surface area (Å²) in [4.78, 5) is 11.1. The van der Waals surface area contributed by atoms with Crippen molar-refractivity contribution >= 4 is 22.3 Å². The Bertz CT molecular complexity index is 645. The smallest absolute Gasteiger partial charge is 0.337 e. The molecule has 3 nitrogen and oxygen atoms in total. The van der Waals surface area contributed by atoms with Crippen molar-refractivity contribution in [1.29, 1.82) is 5.26 Å². The Morgan fingerprint density at radius 2 is 1.88 bits per heavy atom. The monoisotopic (exact) mass is 223 g/mol. The fourth-order valence-electron chi connectivity index (χ4n) is 1.78. The molecule has 0 aliphatic carbocycles. The minimum Gasteiger partial charge on any atom is -0.478 e. The van der Waals surface area contributed by atoms with Crippen LogP contribution in [0.4, 0.5) is 0 Å². The maximum absolute atomic E-state index is 11.1. The fourth-order valence-corrected chi connectivity index (χ4v) is 1.78. The Morgan fingerprint density at radius 1 is 1.18 bits per heavy atom. The summed E-state index contributed by atoms with van der Waals surface area (Å²) in [5.74, 6) is -1.09. The lowest BCUT2D eigenvalue weighted by Crippen LogP contribution is -2.00. The average Bonchev–Trinajstić information content (AvgIpc) is 2.35. The number of fused-ring (bicyclic) bond motifs is 1. The first-order valence-corrected chi connectivity index (χ1v) is 5.05. The van der Waals surface area contributed by atoms with E-state index in [0.29, 0.717) is 5.56 Å². The minimum atomic E-state index is -1.09. The molecule has 0 aliphatic rings. The van der Waals surface area contributed by atoms with Crippen molar-refractivity contribution in [2.45, 2.75) is 0 Å².